The Kier molecular flexibility index (Phi) is 3.99. The van der Waals surface area contributed by atoms with Gasteiger partial charge in [-0.25, -0.2) is 0 Å². The van der Waals surface area contributed by atoms with Crippen LogP contribution in [0.25, 0.3) is 0 Å². The van der Waals surface area contributed by atoms with Gasteiger partial charge in [0.1, 0.15) is 0 Å². The number of amides is 1. The molecule has 1 aliphatic carbocycles. The van der Waals surface area contributed by atoms with E-state index < -0.39 is 0 Å². The van der Waals surface area contributed by atoms with E-state index in [2.05, 4.69) is 11.8 Å². The molecule has 0 aromatic heterocycles. The van der Waals surface area contributed by atoms with Gasteiger partial charge < -0.3 is 10.6 Å². The number of piperazine rings is 1. The van der Waals surface area contributed by atoms with E-state index in [0.717, 1.165) is 45.4 Å². The number of thiocarbonyl (C=S) groups is 1. The summed E-state index contributed by atoms with van der Waals surface area (Å²) in [5, 5.41) is 0. The van der Waals surface area contributed by atoms with Gasteiger partial charge in [-0.15, -0.1) is 0 Å². The number of nitrogens with zero attached hydrogens (tertiary/aromatic N) is 2. The van der Waals surface area contributed by atoms with Gasteiger partial charge in [-0.05, 0) is 19.3 Å². The zero-order valence-electron chi connectivity index (χ0n) is 10.4. The standard InChI is InChI=1S/C12H21N3OS/c1-2-10(11(13)17)14-5-7-15(8-6-14)12(16)9-3-4-9/h9-10H,2-8H2,1H3,(H2,13,17). The molecule has 5 heteroatoms. The summed E-state index contributed by atoms with van der Waals surface area (Å²) in [6.45, 7) is 5.55. The molecule has 0 bridgehead atoms. The summed E-state index contributed by atoms with van der Waals surface area (Å²) in [5.74, 6) is 0.687. The van der Waals surface area contributed by atoms with Crippen molar-refractivity contribution in [3.05, 3.63) is 0 Å². The first-order valence-corrected chi connectivity index (χ1v) is 6.86. The molecule has 0 radical (unpaired) electrons. The van der Waals surface area contributed by atoms with E-state index in [4.69, 9.17) is 18.0 Å². The van der Waals surface area contributed by atoms with Crippen molar-refractivity contribution in [2.24, 2.45) is 11.7 Å². The van der Waals surface area contributed by atoms with Crippen LogP contribution in [0.15, 0.2) is 0 Å². The van der Waals surface area contributed by atoms with E-state index in [1.165, 1.54) is 0 Å². The summed E-state index contributed by atoms with van der Waals surface area (Å²) in [7, 11) is 0. The van der Waals surface area contributed by atoms with Gasteiger partial charge in [-0.1, -0.05) is 19.1 Å². The maximum absolute atomic E-state index is 11.9. The first-order valence-electron chi connectivity index (χ1n) is 6.45. The van der Waals surface area contributed by atoms with Crippen LogP contribution in [0.1, 0.15) is 26.2 Å². The van der Waals surface area contributed by atoms with Gasteiger partial charge in [0.2, 0.25) is 5.91 Å². The van der Waals surface area contributed by atoms with Gasteiger partial charge >= 0.3 is 0 Å². The minimum absolute atomic E-state index is 0.197. The van der Waals surface area contributed by atoms with Crippen LogP contribution in [0.5, 0.6) is 0 Å². The van der Waals surface area contributed by atoms with Crippen molar-refractivity contribution < 1.29 is 4.79 Å². The Morgan fingerprint density at radius 1 is 1.35 bits per heavy atom. The molecule has 1 saturated carbocycles. The molecule has 2 fully saturated rings. The summed E-state index contributed by atoms with van der Waals surface area (Å²) < 4.78 is 0. The lowest BCUT2D eigenvalue weighted by Crippen LogP contribution is -2.54. The van der Waals surface area contributed by atoms with Gasteiger partial charge in [0.25, 0.3) is 0 Å². The molecule has 2 rings (SSSR count). The lowest BCUT2D eigenvalue weighted by atomic mass is 10.1. The van der Waals surface area contributed by atoms with Crippen LogP contribution in [-0.4, -0.2) is 52.9 Å². The first kappa shape index (κ1) is 12.8. The van der Waals surface area contributed by atoms with E-state index in [1.54, 1.807) is 0 Å². The fraction of sp³-hybridized carbons (Fsp3) is 0.833. The Morgan fingerprint density at radius 3 is 2.35 bits per heavy atom. The van der Waals surface area contributed by atoms with Crippen molar-refractivity contribution in [2.75, 3.05) is 26.2 Å². The van der Waals surface area contributed by atoms with Crippen molar-refractivity contribution in [3.63, 3.8) is 0 Å². The largest absolute Gasteiger partial charge is 0.392 e. The zero-order valence-corrected chi connectivity index (χ0v) is 11.2. The Bertz CT molecular complexity index is 309. The molecule has 1 aliphatic heterocycles. The maximum atomic E-state index is 11.9. The van der Waals surface area contributed by atoms with Crippen molar-refractivity contribution in [2.45, 2.75) is 32.2 Å². The number of nitrogens with two attached hydrogens (primary N) is 1. The molecule has 0 aromatic rings. The predicted octanol–water partition coefficient (Wildman–Crippen LogP) is 0.605. The first-order chi connectivity index (χ1) is 8.13. The van der Waals surface area contributed by atoms with Gasteiger partial charge in [-0.3, -0.25) is 9.69 Å². The zero-order chi connectivity index (χ0) is 12.4. The van der Waals surface area contributed by atoms with E-state index >= 15 is 0 Å². The molecule has 1 amide bonds. The van der Waals surface area contributed by atoms with E-state index in [1.807, 2.05) is 4.90 Å². The lowest BCUT2D eigenvalue weighted by molar-refractivity contribution is -0.134. The molecule has 1 unspecified atom stereocenters. The summed E-state index contributed by atoms with van der Waals surface area (Å²) in [4.78, 5) is 16.8. The van der Waals surface area contributed by atoms with E-state index in [9.17, 15) is 4.79 Å². The second kappa shape index (κ2) is 5.31. The highest BCUT2D eigenvalue weighted by Gasteiger charge is 2.35. The highest BCUT2D eigenvalue weighted by molar-refractivity contribution is 7.80. The molecule has 1 saturated heterocycles. The molecule has 96 valence electrons. The van der Waals surface area contributed by atoms with Crippen LogP contribution in [0.3, 0.4) is 0 Å². The minimum atomic E-state index is 0.197. The van der Waals surface area contributed by atoms with Crippen LogP contribution < -0.4 is 5.73 Å². The molecule has 4 nitrogen and oxygen atoms in total. The maximum Gasteiger partial charge on any atom is 0.225 e. The average molecular weight is 255 g/mol. The summed E-state index contributed by atoms with van der Waals surface area (Å²) in [6.07, 6.45) is 3.12. The average Bonchev–Trinajstić information content (AvgIpc) is 3.13. The van der Waals surface area contributed by atoms with Crippen LogP contribution in [-0.2, 0) is 4.79 Å². The van der Waals surface area contributed by atoms with Crippen LogP contribution in [0.4, 0.5) is 0 Å². The summed E-state index contributed by atoms with van der Waals surface area (Å²) >= 11 is 5.09. The molecule has 2 aliphatic rings. The molecular formula is C12H21N3OS. The van der Waals surface area contributed by atoms with Crippen molar-refractivity contribution in [1.82, 2.24) is 9.80 Å². The third-order valence-corrected chi connectivity index (χ3v) is 3.98. The summed E-state index contributed by atoms with van der Waals surface area (Å²) in [5.41, 5.74) is 5.74. The van der Waals surface area contributed by atoms with E-state index in [0.29, 0.717) is 16.8 Å². The SMILES string of the molecule is CCC(C(N)=S)N1CCN(C(=O)C2CC2)CC1. The van der Waals surface area contributed by atoms with Crippen LogP contribution >= 0.6 is 12.2 Å². The number of hydrogen-bond acceptors (Lipinski definition) is 3. The second-order valence-corrected chi connectivity index (χ2v) is 5.43. The van der Waals surface area contributed by atoms with Crippen LogP contribution in [0, 0.1) is 5.92 Å². The van der Waals surface area contributed by atoms with Crippen LogP contribution in [0.2, 0.25) is 0 Å². The van der Waals surface area contributed by atoms with Gasteiger partial charge in [0, 0.05) is 32.1 Å². The molecule has 0 spiro atoms. The van der Waals surface area contributed by atoms with Gasteiger partial charge in [0.15, 0.2) is 0 Å². The Hall–Kier alpha value is -0.680. The van der Waals surface area contributed by atoms with Crippen molar-refractivity contribution >= 4 is 23.1 Å². The fourth-order valence-corrected chi connectivity index (χ4v) is 2.80. The Morgan fingerprint density at radius 2 is 1.94 bits per heavy atom. The normalized spacial score (nSPS) is 23.5. The third-order valence-electron chi connectivity index (χ3n) is 3.71. The Labute approximate surface area is 108 Å². The quantitative estimate of drug-likeness (QED) is 0.748. The highest BCUT2D eigenvalue weighted by atomic mass is 32.1. The number of carbonyl (C=O) groups is 1. The smallest absolute Gasteiger partial charge is 0.225 e. The predicted molar refractivity (Wildman–Crippen MR) is 71.7 cm³/mol. The number of carbonyl (C=O) groups excluding carboxylic acids is 1. The number of hydrogen-bond donors (Lipinski definition) is 1. The minimum Gasteiger partial charge on any atom is -0.392 e. The molecule has 17 heavy (non-hydrogen) atoms. The van der Waals surface area contributed by atoms with E-state index in [-0.39, 0.29) is 6.04 Å². The van der Waals surface area contributed by atoms with Crippen molar-refractivity contribution in [3.8, 4) is 0 Å². The highest BCUT2D eigenvalue weighted by Crippen LogP contribution is 2.31. The Balaban J connectivity index is 1.84. The monoisotopic (exact) mass is 255 g/mol. The third kappa shape index (κ3) is 2.96. The van der Waals surface area contributed by atoms with Gasteiger partial charge in [-0.2, -0.15) is 0 Å². The fourth-order valence-electron chi connectivity index (χ4n) is 2.48. The molecule has 1 atom stereocenters. The molecular weight excluding hydrogens is 234 g/mol. The second-order valence-electron chi connectivity index (χ2n) is 4.96. The lowest BCUT2D eigenvalue weighted by Gasteiger charge is -2.38. The molecule has 2 N–H and O–H groups in total. The molecule has 1 heterocycles. The summed E-state index contributed by atoms with van der Waals surface area (Å²) in [6, 6.07) is 0.197. The van der Waals surface area contributed by atoms with Crippen molar-refractivity contribution in [1.29, 1.82) is 0 Å². The number of rotatable bonds is 4. The molecule has 0 aromatic carbocycles. The van der Waals surface area contributed by atoms with Gasteiger partial charge in [0.05, 0.1) is 11.0 Å². The topological polar surface area (TPSA) is 49.6 Å².